The van der Waals surface area contributed by atoms with Crippen molar-refractivity contribution >= 4 is 28.4 Å². The van der Waals surface area contributed by atoms with E-state index in [9.17, 15) is 4.79 Å². The Kier molecular flexibility index (Phi) is 6.43. The van der Waals surface area contributed by atoms with Gasteiger partial charge in [-0.1, -0.05) is 42.1 Å². The molecule has 4 rings (SSSR count). The Hall–Kier alpha value is -2.42. The second-order valence-corrected chi connectivity index (χ2v) is 8.15. The van der Waals surface area contributed by atoms with E-state index in [2.05, 4.69) is 44.5 Å². The standard InChI is InChI=1S/C21H25N5O2S/c1-25-10-12-26(13-11-25)9-8-22-19(27)15-29-21-24-23-20(28-21)18-7-6-16-4-2-3-5-17(16)14-18/h2-7,14H,8-13,15H2,1H3,(H,22,27). The highest BCUT2D eigenvalue weighted by Gasteiger charge is 2.14. The molecule has 1 saturated heterocycles. The summed E-state index contributed by atoms with van der Waals surface area (Å²) >= 11 is 1.26. The number of likely N-dealkylation sites (N-methyl/N-ethyl adjacent to an activating group) is 1. The maximum Gasteiger partial charge on any atom is 0.277 e. The molecule has 0 aliphatic carbocycles. The van der Waals surface area contributed by atoms with Crippen LogP contribution < -0.4 is 5.32 Å². The molecule has 8 heteroatoms. The van der Waals surface area contributed by atoms with Gasteiger partial charge in [0.25, 0.3) is 5.22 Å². The molecular formula is C21H25N5O2S. The zero-order valence-corrected chi connectivity index (χ0v) is 17.3. The minimum Gasteiger partial charge on any atom is -0.411 e. The second-order valence-electron chi connectivity index (χ2n) is 7.22. The number of hydrogen-bond donors (Lipinski definition) is 1. The normalized spacial score (nSPS) is 15.6. The average molecular weight is 412 g/mol. The molecular weight excluding hydrogens is 386 g/mol. The van der Waals surface area contributed by atoms with Crippen LogP contribution in [0.3, 0.4) is 0 Å². The molecule has 152 valence electrons. The Balaban J connectivity index is 1.24. The van der Waals surface area contributed by atoms with Crippen molar-refractivity contribution < 1.29 is 9.21 Å². The van der Waals surface area contributed by atoms with Gasteiger partial charge in [-0.3, -0.25) is 9.69 Å². The minimum atomic E-state index is -0.0189. The predicted molar refractivity (Wildman–Crippen MR) is 115 cm³/mol. The lowest BCUT2D eigenvalue weighted by Gasteiger charge is -2.32. The molecule has 1 fully saturated rings. The number of nitrogens with zero attached hydrogens (tertiary/aromatic N) is 4. The Morgan fingerprint density at radius 2 is 1.90 bits per heavy atom. The summed E-state index contributed by atoms with van der Waals surface area (Å²) in [6, 6.07) is 14.2. The van der Waals surface area contributed by atoms with Gasteiger partial charge in [0, 0.05) is 44.8 Å². The van der Waals surface area contributed by atoms with Gasteiger partial charge in [0.1, 0.15) is 0 Å². The van der Waals surface area contributed by atoms with Crippen LogP contribution in [0.1, 0.15) is 0 Å². The number of benzene rings is 2. The molecule has 1 aromatic heterocycles. The van der Waals surface area contributed by atoms with Crippen molar-refractivity contribution in [1.82, 2.24) is 25.3 Å². The maximum absolute atomic E-state index is 12.1. The molecule has 0 saturated carbocycles. The Morgan fingerprint density at radius 3 is 2.72 bits per heavy atom. The van der Waals surface area contributed by atoms with Crippen molar-refractivity contribution in [2.75, 3.05) is 52.1 Å². The molecule has 0 unspecified atom stereocenters. The molecule has 0 bridgehead atoms. The summed E-state index contributed by atoms with van der Waals surface area (Å²) in [6.07, 6.45) is 0. The van der Waals surface area contributed by atoms with Gasteiger partial charge in [-0.15, -0.1) is 10.2 Å². The highest BCUT2D eigenvalue weighted by molar-refractivity contribution is 7.99. The van der Waals surface area contributed by atoms with Crippen molar-refractivity contribution in [3.8, 4) is 11.5 Å². The fraction of sp³-hybridized carbons (Fsp3) is 0.381. The molecule has 1 N–H and O–H groups in total. The van der Waals surface area contributed by atoms with Crippen molar-refractivity contribution in [3.63, 3.8) is 0 Å². The van der Waals surface area contributed by atoms with Crippen molar-refractivity contribution in [2.45, 2.75) is 5.22 Å². The largest absolute Gasteiger partial charge is 0.411 e. The summed E-state index contributed by atoms with van der Waals surface area (Å²) in [7, 11) is 2.14. The van der Waals surface area contributed by atoms with Crippen LogP contribution in [0.15, 0.2) is 52.1 Å². The third-order valence-electron chi connectivity index (χ3n) is 5.08. The fourth-order valence-electron chi connectivity index (χ4n) is 3.31. The SMILES string of the molecule is CN1CCN(CCNC(=O)CSc2nnc(-c3ccc4ccccc4c3)o2)CC1. The maximum atomic E-state index is 12.1. The Labute approximate surface area is 174 Å². The van der Waals surface area contributed by atoms with Gasteiger partial charge in [0.15, 0.2) is 0 Å². The van der Waals surface area contributed by atoms with E-state index in [1.807, 2.05) is 30.3 Å². The van der Waals surface area contributed by atoms with E-state index in [1.54, 1.807) is 0 Å². The third kappa shape index (κ3) is 5.35. The first-order chi connectivity index (χ1) is 14.2. The lowest BCUT2D eigenvalue weighted by atomic mass is 10.1. The fourth-order valence-corrected chi connectivity index (χ4v) is 3.90. The van der Waals surface area contributed by atoms with Gasteiger partial charge in [-0.25, -0.2) is 0 Å². The molecule has 2 aromatic carbocycles. The zero-order chi connectivity index (χ0) is 20.1. The molecule has 7 nitrogen and oxygen atoms in total. The Morgan fingerprint density at radius 1 is 1.10 bits per heavy atom. The number of thioether (sulfide) groups is 1. The van der Waals surface area contributed by atoms with E-state index in [0.717, 1.165) is 43.7 Å². The zero-order valence-electron chi connectivity index (χ0n) is 16.5. The number of carbonyl (C=O) groups is 1. The van der Waals surface area contributed by atoms with E-state index in [0.29, 0.717) is 17.7 Å². The minimum absolute atomic E-state index is 0.0189. The first-order valence-corrected chi connectivity index (χ1v) is 10.8. The van der Waals surface area contributed by atoms with Crippen LogP contribution in [-0.4, -0.2) is 78.0 Å². The topological polar surface area (TPSA) is 74.5 Å². The molecule has 1 aliphatic rings. The van der Waals surface area contributed by atoms with Crippen molar-refractivity contribution in [2.24, 2.45) is 0 Å². The smallest absolute Gasteiger partial charge is 0.277 e. The number of rotatable bonds is 7. The van der Waals surface area contributed by atoms with Crippen LogP contribution in [0, 0.1) is 0 Å². The van der Waals surface area contributed by atoms with E-state index < -0.39 is 0 Å². The predicted octanol–water partition coefficient (Wildman–Crippen LogP) is 2.35. The third-order valence-corrected chi connectivity index (χ3v) is 5.89. The molecule has 3 aromatic rings. The second kappa shape index (κ2) is 9.39. The molecule has 29 heavy (non-hydrogen) atoms. The van der Waals surface area contributed by atoms with Crippen LogP contribution >= 0.6 is 11.8 Å². The summed E-state index contributed by atoms with van der Waals surface area (Å²) in [6.45, 7) is 5.83. The molecule has 0 atom stereocenters. The van der Waals surface area contributed by atoms with Crippen LogP contribution in [0.25, 0.3) is 22.2 Å². The van der Waals surface area contributed by atoms with Gasteiger partial charge in [0.2, 0.25) is 11.8 Å². The highest BCUT2D eigenvalue weighted by atomic mass is 32.2. The summed E-state index contributed by atoms with van der Waals surface area (Å²) in [5.74, 6) is 0.713. The summed E-state index contributed by atoms with van der Waals surface area (Å²) in [5.41, 5.74) is 0.875. The van der Waals surface area contributed by atoms with E-state index in [-0.39, 0.29) is 11.7 Å². The Bertz CT molecular complexity index is 968. The number of aromatic nitrogens is 2. The van der Waals surface area contributed by atoms with Crippen LogP contribution in [-0.2, 0) is 4.79 Å². The molecule has 0 spiro atoms. The van der Waals surface area contributed by atoms with Crippen LogP contribution in [0.2, 0.25) is 0 Å². The highest BCUT2D eigenvalue weighted by Crippen LogP contribution is 2.26. The van der Waals surface area contributed by atoms with Crippen molar-refractivity contribution in [1.29, 1.82) is 0 Å². The molecule has 1 amide bonds. The molecule has 0 radical (unpaired) electrons. The van der Waals surface area contributed by atoms with Gasteiger partial charge in [0.05, 0.1) is 5.75 Å². The van der Waals surface area contributed by atoms with Gasteiger partial charge in [-0.2, -0.15) is 0 Å². The lowest BCUT2D eigenvalue weighted by Crippen LogP contribution is -2.47. The summed E-state index contributed by atoms with van der Waals surface area (Å²) in [5, 5.41) is 13.8. The van der Waals surface area contributed by atoms with Crippen LogP contribution in [0.5, 0.6) is 0 Å². The number of nitrogens with one attached hydrogen (secondary N) is 1. The van der Waals surface area contributed by atoms with Gasteiger partial charge < -0.3 is 14.6 Å². The number of hydrogen-bond acceptors (Lipinski definition) is 7. The van der Waals surface area contributed by atoms with E-state index in [1.165, 1.54) is 17.1 Å². The van der Waals surface area contributed by atoms with E-state index in [4.69, 9.17) is 4.42 Å². The number of fused-ring (bicyclic) bond motifs is 1. The first-order valence-electron chi connectivity index (χ1n) is 9.80. The van der Waals surface area contributed by atoms with Gasteiger partial charge in [-0.05, 0) is 30.0 Å². The number of piperazine rings is 1. The quantitative estimate of drug-likeness (QED) is 0.598. The van der Waals surface area contributed by atoms with Crippen molar-refractivity contribution in [3.05, 3.63) is 42.5 Å². The average Bonchev–Trinajstić information content (AvgIpc) is 3.22. The summed E-state index contributed by atoms with van der Waals surface area (Å²) < 4.78 is 5.73. The van der Waals surface area contributed by atoms with Gasteiger partial charge >= 0.3 is 0 Å². The number of amides is 1. The number of carbonyl (C=O) groups excluding carboxylic acids is 1. The molecule has 2 heterocycles. The summed E-state index contributed by atoms with van der Waals surface area (Å²) in [4.78, 5) is 16.8. The lowest BCUT2D eigenvalue weighted by molar-refractivity contribution is -0.118. The first kappa shape index (κ1) is 19.9. The van der Waals surface area contributed by atoms with Crippen LogP contribution in [0.4, 0.5) is 0 Å². The monoisotopic (exact) mass is 411 g/mol. The van der Waals surface area contributed by atoms with E-state index >= 15 is 0 Å². The molecule has 1 aliphatic heterocycles.